The first kappa shape index (κ1) is 17.4. The van der Waals surface area contributed by atoms with Crippen LogP contribution in [0.15, 0.2) is 57.6 Å². The highest BCUT2D eigenvalue weighted by Crippen LogP contribution is 2.28. The number of carboxylic acid groups (broad SMARTS) is 1. The van der Waals surface area contributed by atoms with Crippen molar-refractivity contribution >= 4 is 56.9 Å². The molecule has 0 aromatic heterocycles. The molecule has 1 aliphatic rings. The summed E-state index contributed by atoms with van der Waals surface area (Å²) in [5.41, 5.74) is 2.15. The molecule has 0 radical (unpaired) electrons. The first-order valence-electron chi connectivity index (χ1n) is 7.27. The highest BCUT2D eigenvalue weighted by atomic mass is 79.9. The van der Waals surface area contributed by atoms with Crippen LogP contribution < -0.4 is 5.01 Å². The maximum absolute atomic E-state index is 12.7. The van der Waals surface area contributed by atoms with Gasteiger partial charge in [0, 0.05) is 4.47 Å². The number of nitrogens with zero attached hydrogens (tertiary/aromatic N) is 2. The minimum absolute atomic E-state index is 0.0786. The van der Waals surface area contributed by atoms with Crippen molar-refractivity contribution in [2.45, 2.75) is 6.92 Å². The second-order valence-corrected chi connectivity index (χ2v) is 6.70. The van der Waals surface area contributed by atoms with E-state index in [1.54, 1.807) is 19.1 Å². The van der Waals surface area contributed by atoms with E-state index in [-0.39, 0.29) is 16.5 Å². The molecule has 0 bridgehead atoms. The lowest BCUT2D eigenvalue weighted by atomic mass is 10.1. The molecule has 7 heteroatoms. The number of hydrogen-bond donors (Lipinski definition) is 1. The maximum atomic E-state index is 12.7. The van der Waals surface area contributed by atoms with E-state index in [4.69, 9.17) is 11.6 Å². The van der Waals surface area contributed by atoms with Crippen molar-refractivity contribution in [3.8, 4) is 0 Å². The number of hydrazone groups is 1. The first-order chi connectivity index (χ1) is 11.9. The van der Waals surface area contributed by atoms with E-state index in [0.717, 1.165) is 10.0 Å². The van der Waals surface area contributed by atoms with Gasteiger partial charge in [0.2, 0.25) is 0 Å². The maximum Gasteiger partial charge on any atom is 0.337 e. The quantitative estimate of drug-likeness (QED) is 0.739. The summed E-state index contributed by atoms with van der Waals surface area (Å²) in [7, 11) is 0. The van der Waals surface area contributed by atoms with Crippen molar-refractivity contribution in [3.05, 3.63) is 68.7 Å². The molecule has 1 aliphatic heterocycles. The monoisotopic (exact) mass is 418 g/mol. The van der Waals surface area contributed by atoms with Crippen LogP contribution in [0.1, 0.15) is 22.8 Å². The summed E-state index contributed by atoms with van der Waals surface area (Å²) in [5.74, 6) is -1.48. The van der Waals surface area contributed by atoms with E-state index < -0.39 is 5.97 Å². The van der Waals surface area contributed by atoms with E-state index in [9.17, 15) is 14.7 Å². The Labute approximate surface area is 157 Å². The molecule has 0 spiro atoms. The molecule has 25 heavy (non-hydrogen) atoms. The minimum Gasteiger partial charge on any atom is -0.478 e. The number of carboxylic acids is 1. The summed E-state index contributed by atoms with van der Waals surface area (Å²) in [6.45, 7) is 1.73. The zero-order chi connectivity index (χ0) is 18.1. The van der Waals surface area contributed by atoms with Crippen LogP contribution >= 0.6 is 27.5 Å². The Hall–Kier alpha value is -2.44. The van der Waals surface area contributed by atoms with Gasteiger partial charge in [-0.25, -0.2) is 4.79 Å². The van der Waals surface area contributed by atoms with Gasteiger partial charge in [0.05, 0.1) is 27.6 Å². The summed E-state index contributed by atoms with van der Waals surface area (Å²) in [6.07, 6.45) is 1.75. The summed E-state index contributed by atoms with van der Waals surface area (Å²) < 4.78 is 0.946. The Morgan fingerprint density at radius 1 is 1.24 bits per heavy atom. The number of amides is 1. The second-order valence-electron chi connectivity index (χ2n) is 5.38. The molecular weight excluding hydrogens is 408 g/mol. The van der Waals surface area contributed by atoms with Crippen LogP contribution in [0.5, 0.6) is 0 Å². The van der Waals surface area contributed by atoms with Crippen molar-refractivity contribution in [2.24, 2.45) is 5.10 Å². The zero-order valence-corrected chi connectivity index (χ0v) is 15.4. The number of hydrogen-bond acceptors (Lipinski definition) is 3. The molecule has 1 heterocycles. The average Bonchev–Trinajstić information content (AvgIpc) is 2.85. The Balaban J connectivity index is 1.96. The number of carbonyl (C=O) groups is 2. The largest absolute Gasteiger partial charge is 0.478 e. The molecule has 1 amide bonds. The van der Waals surface area contributed by atoms with Crippen LogP contribution in [-0.4, -0.2) is 22.7 Å². The molecule has 0 fully saturated rings. The number of anilines is 1. The standard InChI is InChI=1S/C18H12BrClN2O3/c1-10-14(8-11-2-4-12(19)5-3-11)17(23)22(21-10)13-6-7-16(20)15(9-13)18(24)25/h2-9H,1H3,(H,24,25). The number of carbonyl (C=O) groups excluding carboxylic acids is 1. The van der Waals surface area contributed by atoms with Gasteiger partial charge < -0.3 is 5.11 Å². The lowest BCUT2D eigenvalue weighted by Gasteiger charge is -2.13. The molecule has 2 aromatic carbocycles. The molecule has 0 saturated carbocycles. The molecule has 2 aromatic rings. The van der Waals surface area contributed by atoms with Crippen LogP contribution in [0.25, 0.3) is 6.08 Å². The van der Waals surface area contributed by atoms with E-state index in [1.165, 1.54) is 17.1 Å². The van der Waals surface area contributed by atoms with Crippen molar-refractivity contribution in [2.75, 3.05) is 5.01 Å². The second kappa shape index (κ2) is 6.82. The summed E-state index contributed by atoms with van der Waals surface area (Å²) in [6, 6.07) is 11.9. The molecule has 1 N–H and O–H groups in total. The van der Waals surface area contributed by atoms with E-state index in [0.29, 0.717) is 17.0 Å². The van der Waals surface area contributed by atoms with Crippen LogP contribution in [0.2, 0.25) is 5.02 Å². The van der Waals surface area contributed by atoms with Gasteiger partial charge in [0.1, 0.15) is 0 Å². The van der Waals surface area contributed by atoms with Gasteiger partial charge in [-0.1, -0.05) is 39.7 Å². The normalized spacial score (nSPS) is 15.6. The average molecular weight is 420 g/mol. The van der Waals surface area contributed by atoms with Crippen molar-refractivity contribution < 1.29 is 14.7 Å². The molecule has 0 aliphatic carbocycles. The number of aromatic carboxylic acids is 1. The Bertz CT molecular complexity index is 936. The van der Waals surface area contributed by atoms with Crippen LogP contribution in [0.4, 0.5) is 5.69 Å². The third kappa shape index (κ3) is 3.50. The molecular formula is C18H12BrClN2O3. The molecule has 0 atom stereocenters. The molecule has 126 valence electrons. The summed E-state index contributed by atoms with van der Waals surface area (Å²) in [5, 5.41) is 14.7. The smallest absolute Gasteiger partial charge is 0.337 e. The van der Waals surface area contributed by atoms with Gasteiger partial charge in [-0.2, -0.15) is 10.1 Å². The van der Waals surface area contributed by atoms with Gasteiger partial charge in [-0.15, -0.1) is 0 Å². The zero-order valence-electron chi connectivity index (χ0n) is 13.0. The van der Waals surface area contributed by atoms with Crippen molar-refractivity contribution in [1.29, 1.82) is 0 Å². The fourth-order valence-corrected chi connectivity index (χ4v) is 2.86. The fraction of sp³-hybridized carbons (Fsp3) is 0.0556. The fourth-order valence-electron chi connectivity index (χ4n) is 2.39. The Morgan fingerprint density at radius 3 is 2.56 bits per heavy atom. The predicted molar refractivity (Wildman–Crippen MR) is 101 cm³/mol. The number of rotatable bonds is 3. The minimum atomic E-state index is -1.16. The van der Waals surface area contributed by atoms with Crippen LogP contribution in [0, 0.1) is 0 Å². The summed E-state index contributed by atoms with van der Waals surface area (Å²) in [4.78, 5) is 23.9. The summed E-state index contributed by atoms with van der Waals surface area (Å²) >= 11 is 9.24. The van der Waals surface area contributed by atoms with Crippen LogP contribution in [0.3, 0.4) is 0 Å². The van der Waals surface area contributed by atoms with Gasteiger partial charge in [0.15, 0.2) is 0 Å². The Morgan fingerprint density at radius 2 is 1.92 bits per heavy atom. The SMILES string of the molecule is CC1=NN(c2ccc(Cl)c(C(=O)O)c2)C(=O)C1=Cc1ccc(Br)cc1. The molecule has 0 unspecified atom stereocenters. The predicted octanol–water partition coefficient (Wildman–Crippen LogP) is 4.61. The lowest BCUT2D eigenvalue weighted by molar-refractivity contribution is -0.114. The van der Waals surface area contributed by atoms with E-state index in [2.05, 4.69) is 21.0 Å². The highest BCUT2D eigenvalue weighted by molar-refractivity contribution is 9.10. The molecule has 3 rings (SSSR count). The van der Waals surface area contributed by atoms with Gasteiger partial charge in [-0.3, -0.25) is 4.79 Å². The highest BCUT2D eigenvalue weighted by Gasteiger charge is 2.29. The van der Waals surface area contributed by atoms with Crippen molar-refractivity contribution in [1.82, 2.24) is 0 Å². The van der Waals surface area contributed by atoms with Crippen molar-refractivity contribution in [3.63, 3.8) is 0 Å². The number of halogens is 2. The third-order valence-electron chi connectivity index (χ3n) is 3.67. The topological polar surface area (TPSA) is 70.0 Å². The van der Waals surface area contributed by atoms with E-state index in [1.807, 2.05) is 24.3 Å². The van der Waals surface area contributed by atoms with Gasteiger partial charge in [0.25, 0.3) is 5.91 Å². The van der Waals surface area contributed by atoms with Crippen LogP contribution in [-0.2, 0) is 4.79 Å². The molecule has 5 nitrogen and oxygen atoms in total. The first-order valence-corrected chi connectivity index (χ1v) is 8.44. The van der Waals surface area contributed by atoms with E-state index >= 15 is 0 Å². The Kier molecular flexibility index (Phi) is 4.74. The number of benzene rings is 2. The molecule has 0 saturated heterocycles. The lowest BCUT2D eigenvalue weighted by Crippen LogP contribution is -2.21. The van der Waals surface area contributed by atoms with Gasteiger partial charge in [-0.05, 0) is 48.9 Å². The van der Waals surface area contributed by atoms with Gasteiger partial charge >= 0.3 is 5.97 Å². The third-order valence-corrected chi connectivity index (χ3v) is 4.53.